The Morgan fingerprint density at radius 2 is 2.21 bits per heavy atom. The molecule has 4 heteroatoms. The predicted molar refractivity (Wildman–Crippen MR) is 78.2 cm³/mol. The molecule has 0 bridgehead atoms. The topological polar surface area (TPSA) is 35.6 Å². The van der Waals surface area contributed by atoms with Crippen molar-refractivity contribution in [3.05, 3.63) is 0 Å². The highest BCUT2D eigenvalue weighted by Gasteiger charge is 2.45. The zero-order chi connectivity index (χ0) is 13.9. The van der Waals surface area contributed by atoms with E-state index in [1.54, 1.807) is 0 Å². The monoisotopic (exact) mass is 267 g/mol. The van der Waals surface area contributed by atoms with Crippen molar-refractivity contribution in [2.45, 2.75) is 57.0 Å². The van der Waals surface area contributed by atoms with Gasteiger partial charge in [-0.2, -0.15) is 0 Å². The lowest BCUT2D eigenvalue weighted by Gasteiger charge is -2.36. The van der Waals surface area contributed by atoms with Crippen molar-refractivity contribution in [1.82, 2.24) is 15.1 Å². The fourth-order valence-electron chi connectivity index (χ4n) is 3.73. The van der Waals surface area contributed by atoms with Gasteiger partial charge in [-0.05, 0) is 52.7 Å². The fraction of sp³-hybridized carbons (Fsp3) is 0.933. The summed E-state index contributed by atoms with van der Waals surface area (Å²) in [7, 11) is 4.19. The highest BCUT2D eigenvalue weighted by molar-refractivity contribution is 5.87. The fourth-order valence-corrected chi connectivity index (χ4v) is 3.73. The van der Waals surface area contributed by atoms with E-state index in [9.17, 15) is 4.79 Å². The van der Waals surface area contributed by atoms with Crippen LogP contribution in [0, 0.1) is 0 Å². The Kier molecular flexibility index (Phi) is 4.85. The third kappa shape index (κ3) is 3.11. The summed E-state index contributed by atoms with van der Waals surface area (Å²) >= 11 is 0. The Morgan fingerprint density at radius 1 is 1.42 bits per heavy atom. The number of nitrogens with one attached hydrogen (secondary N) is 1. The summed E-state index contributed by atoms with van der Waals surface area (Å²) in [5, 5.41) is 3.52. The van der Waals surface area contributed by atoms with E-state index in [-0.39, 0.29) is 5.54 Å². The summed E-state index contributed by atoms with van der Waals surface area (Å²) in [5.41, 5.74) is -0.246. The first-order valence-corrected chi connectivity index (χ1v) is 7.80. The van der Waals surface area contributed by atoms with Crippen LogP contribution < -0.4 is 5.32 Å². The van der Waals surface area contributed by atoms with Crippen LogP contribution in [-0.2, 0) is 4.79 Å². The number of rotatable bonds is 5. The number of carbonyl (C=O) groups excluding carboxylic acids is 1. The average molecular weight is 267 g/mol. The number of amides is 1. The van der Waals surface area contributed by atoms with Gasteiger partial charge in [0, 0.05) is 19.1 Å². The minimum absolute atomic E-state index is 0.246. The van der Waals surface area contributed by atoms with E-state index >= 15 is 0 Å². The van der Waals surface area contributed by atoms with Crippen molar-refractivity contribution in [3.8, 4) is 0 Å². The molecule has 0 saturated carbocycles. The normalized spacial score (nSPS) is 31.4. The van der Waals surface area contributed by atoms with Crippen LogP contribution in [0.3, 0.4) is 0 Å². The number of likely N-dealkylation sites (N-methyl/N-ethyl adjacent to an activating group) is 1. The highest BCUT2D eigenvalue weighted by Crippen LogP contribution is 2.30. The molecule has 0 aromatic heterocycles. The molecule has 0 aliphatic carbocycles. The molecule has 19 heavy (non-hydrogen) atoms. The molecule has 0 aromatic rings. The van der Waals surface area contributed by atoms with Crippen molar-refractivity contribution in [3.63, 3.8) is 0 Å². The Morgan fingerprint density at radius 3 is 2.79 bits per heavy atom. The molecule has 0 aromatic carbocycles. The Bertz CT molecular complexity index is 311. The minimum atomic E-state index is -0.246. The number of nitrogens with zero attached hydrogens (tertiary/aromatic N) is 2. The zero-order valence-electron chi connectivity index (χ0n) is 12.7. The second-order valence-electron chi connectivity index (χ2n) is 6.42. The average Bonchev–Trinajstić information content (AvgIpc) is 2.98. The maximum Gasteiger partial charge on any atom is 0.243 e. The van der Waals surface area contributed by atoms with Gasteiger partial charge in [0.1, 0.15) is 0 Å². The molecule has 0 spiro atoms. The molecule has 1 amide bonds. The molecule has 0 radical (unpaired) electrons. The van der Waals surface area contributed by atoms with Crippen LogP contribution in [-0.4, -0.2) is 61.0 Å². The quantitative estimate of drug-likeness (QED) is 0.819. The van der Waals surface area contributed by atoms with Crippen molar-refractivity contribution >= 4 is 5.91 Å². The molecule has 2 heterocycles. The number of carbonyl (C=O) groups is 1. The Hall–Kier alpha value is -0.610. The van der Waals surface area contributed by atoms with Crippen LogP contribution in [0.15, 0.2) is 0 Å². The molecule has 4 nitrogen and oxygen atoms in total. The lowest BCUT2D eigenvalue weighted by Crippen LogP contribution is -2.57. The summed E-state index contributed by atoms with van der Waals surface area (Å²) < 4.78 is 0. The highest BCUT2D eigenvalue weighted by atomic mass is 16.2. The summed E-state index contributed by atoms with van der Waals surface area (Å²) in [6.45, 7) is 5.12. The number of hydrogen-bond donors (Lipinski definition) is 1. The molecule has 2 saturated heterocycles. The van der Waals surface area contributed by atoms with Gasteiger partial charge in [0.25, 0.3) is 0 Å². The molecule has 2 fully saturated rings. The van der Waals surface area contributed by atoms with Crippen LogP contribution >= 0.6 is 0 Å². The third-order valence-corrected chi connectivity index (χ3v) is 4.54. The Labute approximate surface area is 117 Å². The molecule has 2 aliphatic heterocycles. The van der Waals surface area contributed by atoms with Crippen LogP contribution in [0.1, 0.15) is 45.4 Å². The maximum atomic E-state index is 13.0. The van der Waals surface area contributed by atoms with Crippen LogP contribution in [0.25, 0.3) is 0 Å². The maximum absolute atomic E-state index is 13.0. The minimum Gasteiger partial charge on any atom is -0.337 e. The summed E-state index contributed by atoms with van der Waals surface area (Å²) in [6.07, 6.45) is 6.53. The molecule has 2 atom stereocenters. The van der Waals surface area contributed by atoms with E-state index in [1.165, 1.54) is 0 Å². The predicted octanol–water partition coefficient (Wildman–Crippen LogP) is 1.46. The number of hydrogen-bond acceptors (Lipinski definition) is 3. The lowest BCUT2D eigenvalue weighted by atomic mass is 9.90. The van der Waals surface area contributed by atoms with Gasteiger partial charge >= 0.3 is 0 Å². The molecular weight excluding hydrogens is 238 g/mol. The van der Waals surface area contributed by atoms with Gasteiger partial charge < -0.3 is 15.1 Å². The smallest absolute Gasteiger partial charge is 0.243 e. The van der Waals surface area contributed by atoms with Gasteiger partial charge in [0.2, 0.25) is 5.91 Å². The standard InChI is InChI=1S/C15H29N3O/c1-4-8-15(9-6-10-16-15)14(19)18-11-5-7-13(18)12-17(2)3/h13,16H,4-12H2,1-3H3. The van der Waals surface area contributed by atoms with E-state index in [0.717, 1.165) is 58.2 Å². The molecular formula is C15H29N3O. The second kappa shape index (κ2) is 6.23. The van der Waals surface area contributed by atoms with Crippen LogP contribution in [0.2, 0.25) is 0 Å². The molecule has 2 rings (SSSR count). The van der Waals surface area contributed by atoms with E-state index in [1.807, 2.05) is 0 Å². The van der Waals surface area contributed by atoms with E-state index in [0.29, 0.717) is 11.9 Å². The van der Waals surface area contributed by atoms with E-state index in [4.69, 9.17) is 0 Å². The third-order valence-electron chi connectivity index (χ3n) is 4.54. The van der Waals surface area contributed by atoms with Crippen LogP contribution in [0.5, 0.6) is 0 Å². The first-order chi connectivity index (χ1) is 9.09. The number of likely N-dealkylation sites (tertiary alicyclic amines) is 1. The largest absolute Gasteiger partial charge is 0.337 e. The van der Waals surface area contributed by atoms with Gasteiger partial charge in [-0.15, -0.1) is 0 Å². The first kappa shape index (κ1) is 14.8. The molecule has 2 aliphatic rings. The van der Waals surface area contributed by atoms with Crippen molar-refractivity contribution in [1.29, 1.82) is 0 Å². The van der Waals surface area contributed by atoms with Crippen LogP contribution in [0.4, 0.5) is 0 Å². The van der Waals surface area contributed by atoms with Crippen molar-refractivity contribution in [2.24, 2.45) is 0 Å². The van der Waals surface area contributed by atoms with E-state index < -0.39 is 0 Å². The molecule has 1 N–H and O–H groups in total. The van der Waals surface area contributed by atoms with Gasteiger partial charge in [-0.3, -0.25) is 4.79 Å². The molecule has 110 valence electrons. The van der Waals surface area contributed by atoms with Gasteiger partial charge in [0.15, 0.2) is 0 Å². The summed E-state index contributed by atoms with van der Waals surface area (Å²) in [5.74, 6) is 0.371. The SMILES string of the molecule is CCCC1(C(=O)N2CCCC2CN(C)C)CCCN1. The lowest BCUT2D eigenvalue weighted by molar-refractivity contribution is -0.139. The van der Waals surface area contributed by atoms with Gasteiger partial charge in [0.05, 0.1) is 5.54 Å². The summed E-state index contributed by atoms with van der Waals surface area (Å²) in [6, 6.07) is 0.415. The zero-order valence-corrected chi connectivity index (χ0v) is 12.7. The van der Waals surface area contributed by atoms with Gasteiger partial charge in [-0.1, -0.05) is 13.3 Å². The Balaban J connectivity index is 2.08. The van der Waals surface area contributed by atoms with Crippen molar-refractivity contribution < 1.29 is 4.79 Å². The van der Waals surface area contributed by atoms with Crippen molar-refractivity contribution in [2.75, 3.05) is 33.7 Å². The second-order valence-corrected chi connectivity index (χ2v) is 6.42. The van der Waals surface area contributed by atoms with E-state index in [2.05, 4.69) is 36.1 Å². The first-order valence-electron chi connectivity index (χ1n) is 7.80. The molecule has 2 unspecified atom stereocenters. The summed E-state index contributed by atoms with van der Waals surface area (Å²) in [4.78, 5) is 17.4. The van der Waals surface area contributed by atoms with Gasteiger partial charge in [-0.25, -0.2) is 0 Å².